The number of amides is 1. The molecular formula is C12H12FNO2. The van der Waals surface area contributed by atoms with Gasteiger partial charge in [0.2, 0.25) is 5.91 Å². The molecule has 0 unspecified atom stereocenters. The summed E-state index contributed by atoms with van der Waals surface area (Å²) in [6.45, 7) is 3.71. The van der Waals surface area contributed by atoms with Gasteiger partial charge in [-0.05, 0) is 23.8 Å². The molecule has 1 amide bonds. The van der Waals surface area contributed by atoms with Crippen molar-refractivity contribution < 1.29 is 13.9 Å². The van der Waals surface area contributed by atoms with Gasteiger partial charge in [0.05, 0.1) is 0 Å². The second-order valence-corrected chi connectivity index (χ2v) is 3.07. The van der Waals surface area contributed by atoms with E-state index in [1.165, 1.54) is 18.2 Å². The minimum absolute atomic E-state index is 0.228. The molecule has 0 aromatic heterocycles. The highest BCUT2D eigenvalue weighted by Crippen LogP contribution is 2.07. The number of allylic oxidation sites excluding steroid dienone is 1. The quantitative estimate of drug-likeness (QED) is 0.469. The lowest BCUT2D eigenvalue weighted by Crippen LogP contribution is -2.07. The highest BCUT2D eigenvalue weighted by molar-refractivity contribution is 5.86. The Kier molecular flexibility index (Phi) is 4.27. The van der Waals surface area contributed by atoms with Gasteiger partial charge in [0.25, 0.3) is 0 Å². The Bertz CT molecular complexity index is 410. The molecule has 0 aliphatic heterocycles. The molecule has 2 N–H and O–H groups in total. The molecule has 0 aliphatic rings. The van der Waals surface area contributed by atoms with Crippen LogP contribution in [0.1, 0.15) is 5.56 Å². The zero-order valence-corrected chi connectivity index (χ0v) is 8.65. The zero-order valence-electron chi connectivity index (χ0n) is 8.65. The summed E-state index contributed by atoms with van der Waals surface area (Å²) in [5.41, 5.74) is 5.76. The van der Waals surface area contributed by atoms with Crippen LogP contribution in [0.2, 0.25) is 0 Å². The fraction of sp³-hybridized carbons (Fsp3) is 0.0833. The lowest BCUT2D eigenvalue weighted by Gasteiger charge is -2.06. The van der Waals surface area contributed by atoms with Gasteiger partial charge in [0.15, 0.2) is 0 Å². The lowest BCUT2D eigenvalue weighted by atomic mass is 10.2. The Balaban J connectivity index is 2.59. The van der Waals surface area contributed by atoms with Crippen LogP contribution < -0.4 is 5.73 Å². The molecule has 0 spiro atoms. The molecule has 4 heteroatoms. The van der Waals surface area contributed by atoms with Gasteiger partial charge in [-0.2, -0.15) is 0 Å². The van der Waals surface area contributed by atoms with Gasteiger partial charge < -0.3 is 10.5 Å². The van der Waals surface area contributed by atoms with E-state index >= 15 is 0 Å². The van der Waals surface area contributed by atoms with Crippen LogP contribution in [0.15, 0.2) is 48.8 Å². The van der Waals surface area contributed by atoms with Gasteiger partial charge >= 0.3 is 0 Å². The largest absolute Gasteiger partial charge is 0.489 e. The number of rotatable bonds is 5. The highest BCUT2D eigenvalue weighted by Gasteiger charge is 1.98. The van der Waals surface area contributed by atoms with E-state index in [0.29, 0.717) is 0 Å². The molecule has 84 valence electrons. The number of benzene rings is 1. The third-order valence-electron chi connectivity index (χ3n) is 1.80. The van der Waals surface area contributed by atoms with Crippen molar-refractivity contribution >= 4 is 5.91 Å². The van der Waals surface area contributed by atoms with Gasteiger partial charge in [-0.3, -0.25) is 4.79 Å². The molecule has 0 aliphatic carbocycles. The monoisotopic (exact) mass is 221 g/mol. The van der Waals surface area contributed by atoms with Gasteiger partial charge in [-0.1, -0.05) is 18.7 Å². The van der Waals surface area contributed by atoms with Crippen LogP contribution in [0.5, 0.6) is 0 Å². The second kappa shape index (κ2) is 5.70. The van der Waals surface area contributed by atoms with Crippen LogP contribution in [-0.4, -0.2) is 5.91 Å². The highest BCUT2D eigenvalue weighted by atomic mass is 19.1. The van der Waals surface area contributed by atoms with E-state index in [1.54, 1.807) is 12.1 Å². The summed E-state index contributed by atoms with van der Waals surface area (Å²) in [6.07, 6.45) is 2.52. The van der Waals surface area contributed by atoms with Gasteiger partial charge in [-0.25, -0.2) is 4.39 Å². The van der Waals surface area contributed by atoms with Crippen molar-refractivity contribution in [3.8, 4) is 0 Å². The van der Waals surface area contributed by atoms with Crippen molar-refractivity contribution in [3.05, 3.63) is 60.1 Å². The van der Waals surface area contributed by atoms with Crippen molar-refractivity contribution in [3.63, 3.8) is 0 Å². The first-order valence-corrected chi connectivity index (χ1v) is 4.62. The molecule has 0 bridgehead atoms. The molecule has 3 nitrogen and oxygen atoms in total. The maximum atomic E-state index is 12.6. The number of carbonyl (C=O) groups is 1. The molecule has 0 saturated carbocycles. The number of ether oxygens (including phenoxy) is 1. The maximum absolute atomic E-state index is 12.6. The van der Waals surface area contributed by atoms with Crippen LogP contribution in [-0.2, 0) is 16.1 Å². The van der Waals surface area contributed by atoms with Gasteiger partial charge in [0.1, 0.15) is 18.2 Å². The number of nitrogens with two attached hydrogens (primary N) is 1. The molecule has 1 aromatic rings. The topological polar surface area (TPSA) is 52.3 Å². The van der Waals surface area contributed by atoms with E-state index in [4.69, 9.17) is 10.5 Å². The van der Waals surface area contributed by atoms with Gasteiger partial charge in [-0.15, -0.1) is 0 Å². The fourth-order valence-electron chi connectivity index (χ4n) is 1.05. The smallest absolute Gasteiger partial charge is 0.245 e. The average molecular weight is 221 g/mol. The van der Waals surface area contributed by atoms with Crippen molar-refractivity contribution in [2.75, 3.05) is 0 Å². The predicted octanol–water partition coefficient (Wildman–Crippen LogP) is 1.90. The Hall–Kier alpha value is -2.10. The molecule has 0 heterocycles. The van der Waals surface area contributed by atoms with E-state index in [9.17, 15) is 9.18 Å². The fourth-order valence-corrected chi connectivity index (χ4v) is 1.05. The predicted molar refractivity (Wildman–Crippen MR) is 58.7 cm³/mol. The lowest BCUT2D eigenvalue weighted by molar-refractivity contribution is -0.113. The molecule has 0 atom stereocenters. The van der Waals surface area contributed by atoms with Crippen molar-refractivity contribution in [1.29, 1.82) is 0 Å². The standard InChI is InChI=1S/C12H12FNO2/c1-2-11(7-12(14)15)16-8-9-3-5-10(13)6-4-9/h2-7H,1,8H2,(H2,14,15)/b11-7+. The Morgan fingerprint density at radius 2 is 2.06 bits per heavy atom. The Morgan fingerprint density at radius 1 is 1.44 bits per heavy atom. The summed E-state index contributed by atoms with van der Waals surface area (Å²) >= 11 is 0. The molecular weight excluding hydrogens is 209 g/mol. The zero-order chi connectivity index (χ0) is 12.0. The van der Waals surface area contributed by atoms with Gasteiger partial charge in [0, 0.05) is 6.08 Å². The van der Waals surface area contributed by atoms with E-state index < -0.39 is 5.91 Å². The summed E-state index contributed by atoms with van der Waals surface area (Å²) in [5, 5.41) is 0. The van der Waals surface area contributed by atoms with Crippen molar-refractivity contribution in [2.45, 2.75) is 6.61 Å². The number of primary amides is 1. The Labute approximate surface area is 93.0 Å². The van der Waals surface area contributed by atoms with E-state index in [-0.39, 0.29) is 18.2 Å². The van der Waals surface area contributed by atoms with E-state index in [1.807, 2.05) is 0 Å². The van der Waals surface area contributed by atoms with Crippen molar-refractivity contribution in [2.24, 2.45) is 5.73 Å². The molecule has 0 radical (unpaired) electrons. The maximum Gasteiger partial charge on any atom is 0.245 e. The number of hydrogen-bond acceptors (Lipinski definition) is 2. The summed E-state index contributed by atoms with van der Waals surface area (Å²) in [5.74, 6) is -0.619. The molecule has 1 aromatic carbocycles. The number of carbonyl (C=O) groups excluding carboxylic acids is 1. The van der Waals surface area contributed by atoms with Crippen LogP contribution in [0, 0.1) is 5.82 Å². The molecule has 0 fully saturated rings. The van der Waals surface area contributed by atoms with Crippen LogP contribution in [0.3, 0.4) is 0 Å². The molecule has 16 heavy (non-hydrogen) atoms. The first-order valence-electron chi connectivity index (χ1n) is 4.62. The molecule has 1 rings (SSSR count). The van der Waals surface area contributed by atoms with Crippen LogP contribution in [0.25, 0.3) is 0 Å². The van der Waals surface area contributed by atoms with E-state index in [2.05, 4.69) is 6.58 Å². The van der Waals surface area contributed by atoms with Crippen LogP contribution >= 0.6 is 0 Å². The minimum atomic E-state index is -0.603. The first kappa shape index (κ1) is 12.0. The third kappa shape index (κ3) is 3.96. The number of hydrogen-bond donors (Lipinski definition) is 1. The first-order chi connectivity index (χ1) is 7.61. The summed E-state index contributed by atoms with van der Waals surface area (Å²) < 4.78 is 17.8. The summed E-state index contributed by atoms with van der Waals surface area (Å²) in [6, 6.07) is 5.87. The minimum Gasteiger partial charge on any atom is -0.489 e. The summed E-state index contributed by atoms with van der Waals surface area (Å²) in [4.78, 5) is 10.6. The van der Waals surface area contributed by atoms with E-state index in [0.717, 1.165) is 11.6 Å². The van der Waals surface area contributed by atoms with Crippen molar-refractivity contribution in [1.82, 2.24) is 0 Å². The Morgan fingerprint density at radius 3 is 2.56 bits per heavy atom. The van der Waals surface area contributed by atoms with Crippen LogP contribution in [0.4, 0.5) is 4.39 Å². The summed E-state index contributed by atoms with van der Waals surface area (Å²) in [7, 11) is 0. The second-order valence-electron chi connectivity index (χ2n) is 3.07. The SMILES string of the molecule is C=C/C(=C\C(N)=O)OCc1ccc(F)cc1. The number of halogens is 1. The third-order valence-corrected chi connectivity index (χ3v) is 1.80. The normalized spacial score (nSPS) is 10.9. The molecule has 0 saturated heterocycles. The average Bonchev–Trinajstić information content (AvgIpc) is 2.26.